The van der Waals surface area contributed by atoms with Crippen LogP contribution in [0.4, 0.5) is 19.1 Å². The van der Waals surface area contributed by atoms with Crippen LogP contribution in [-0.4, -0.2) is 27.4 Å². The number of aromatic nitrogens is 3. The van der Waals surface area contributed by atoms with Crippen LogP contribution in [0.1, 0.15) is 34.5 Å². The molecule has 4 N–H and O–H groups in total. The molecule has 0 unspecified atom stereocenters. The number of aromatic amines is 1. The number of ether oxygens (including phenoxy) is 1. The van der Waals surface area contributed by atoms with Gasteiger partial charge in [-0.05, 0) is 42.5 Å². The van der Waals surface area contributed by atoms with Crippen molar-refractivity contribution in [1.82, 2.24) is 15.0 Å². The van der Waals surface area contributed by atoms with Crippen LogP contribution in [0.2, 0.25) is 0 Å². The minimum absolute atomic E-state index is 0.128. The lowest BCUT2D eigenvalue weighted by Gasteiger charge is -2.14. The number of alkyl halides is 3. The average Bonchev–Trinajstić information content (AvgIpc) is 3.61. The Kier molecular flexibility index (Phi) is 6.03. The van der Waals surface area contributed by atoms with Crippen LogP contribution in [0.5, 0.6) is 5.75 Å². The van der Waals surface area contributed by atoms with E-state index in [0.717, 1.165) is 18.2 Å². The number of nitrogens with zero attached hydrogens (tertiary/aromatic N) is 2. The number of H-pyrrole nitrogens is 1. The van der Waals surface area contributed by atoms with E-state index in [0.29, 0.717) is 17.6 Å². The lowest BCUT2D eigenvalue weighted by molar-refractivity contribution is -0.140. The Morgan fingerprint density at radius 3 is 2.42 bits per heavy atom. The van der Waals surface area contributed by atoms with Crippen molar-refractivity contribution in [1.29, 1.82) is 0 Å². The average molecular weight is 459 g/mol. The van der Waals surface area contributed by atoms with Gasteiger partial charge in [0.1, 0.15) is 23.6 Å². The van der Waals surface area contributed by atoms with Crippen molar-refractivity contribution >= 4 is 11.9 Å². The fourth-order valence-corrected chi connectivity index (χ4v) is 3.14. The van der Waals surface area contributed by atoms with Crippen molar-refractivity contribution in [2.45, 2.75) is 25.6 Å². The van der Waals surface area contributed by atoms with E-state index < -0.39 is 28.9 Å². The predicted molar refractivity (Wildman–Crippen MR) is 114 cm³/mol. The van der Waals surface area contributed by atoms with Crippen molar-refractivity contribution in [3.8, 4) is 16.9 Å². The number of nitrogens with one attached hydrogen (secondary N) is 2. The molecule has 2 aromatic heterocycles. The number of carbonyl (C=O) groups is 1. The number of hydrogen-bond acceptors (Lipinski definition) is 6. The summed E-state index contributed by atoms with van der Waals surface area (Å²) in [5.74, 6) is 0.530. The van der Waals surface area contributed by atoms with E-state index >= 15 is 0 Å². The van der Waals surface area contributed by atoms with Crippen molar-refractivity contribution in [2.24, 2.45) is 11.7 Å². The lowest BCUT2D eigenvalue weighted by atomic mass is 10.0. The molecule has 0 bridgehead atoms. The minimum atomic E-state index is -4.83. The molecule has 3 aromatic rings. The molecule has 4 rings (SSSR count). The first-order valence-corrected chi connectivity index (χ1v) is 10.1. The lowest BCUT2D eigenvalue weighted by Crippen LogP contribution is -2.27. The van der Waals surface area contributed by atoms with Gasteiger partial charge in [-0.15, -0.1) is 0 Å². The maximum absolute atomic E-state index is 13.4. The quantitative estimate of drug-likeness (QED) is 0.475. The highest BCUT2D eigenvalue weighted by molar-refractivity contribution is 5.94. The number of rotatable bonds is 8. The number of benzene rings is 1. The largest absolute Gasteiger partial charge is 0.489 e. The molecule has 1 aliphatic rings. The standard InChI is InChI=1S/C22H20F3N5O3/c23-22(24,25)18-16(7-17(19(26)31)20(32)30-18)14-3-5-15(6-4-14)33-11-13-9-28-21(29-10-13)27-8-12-1-2-12/h3-7,9-10,12H,1-2,8,11H2,(H2,26,31)(H,30,32)(H,27,28,29). The van der Waals surface area contributed by atoms with E-state index in [-0.39, 0.29) is 17.7 Å². The molecule has 0 saturated heterocycles. The van der Waals surface area contributed by atoms with Gasteiger partial charge in [-0.1, -0.05) is 12.1 Å². The van der Waals surface area contributed by atoms with Gasteiger partial charge in [0, 0.05) is 30.1 Å². The third-order valence-corrected chi connectivity index (χ3v) is 5.11. The first-order valence-electron chi connectivity index (χ1n) is 10.1. The molecular weight excluding hydrogens is 439 g/mol. The van der Waals surface area contributed by atoms with Gasteiger partial charge in [0.25, 0.3) is 11.5 Å². The number of pyridine rings is 1. The first kappa shape index (κ1) is 22.3. The number of carbonyl (C=O) groups excluding carboxylic acids is 1. The Hall–Kier alpha value is -3.89. The van der Waals surface area contributed by atoms with Gasteiger partial charge in [-0.25, -0.2) is 9.97 Å². The van der Waals surface area contributed by atoms with Crippen molar-refractivity contribution in [3.63, 3.8) is 0 Å². The van der Waals surface area contributed by atoms with Crippen LogP contribution in [0, 0.1) is 5.92 Å². The Balaban J connectivity index is 1.47. The molecule has 0 spiro atoms. The zero-order valence-electron chi connectivity index (χ0n) is 17.3. The maximum atomic E-state index is 13.4. The Labute approximate surface area is 186 Å². The molecule has 1 saturated carbocycles. The molecule has 1 aromatic carbocycles. The zero-order valence-corrected chi connectivity index (χ0v) is 17.3. The molecule has 8 nitrogen and oxygen atoms in total. The smallest absolute Gasteiger partial charge is 0.431 e. The van der Waals surface area contributed by atoms with Gasteiger partial charge in [-0.3, -0.25) is 9.59 Å². The number of halogens is 3. The normalized spacial score (nSPS) is 13.5. The SMILES string of the molecule is NC(=O)c1cc(-c2ccc(OCc3cnc(NCC4CC4)nc3)cc2)c(C(F)(F)F)[nH]c1=O. The van der Waals surface area contributed by atoms with Crippen LogP contribution >= 0.6 is 0 Å². The number of primary amides is 1. The number of amides is 1. The molecule has 172 valence electrons. The molecule has 1 fully saturated rings. The van der Waals surface area contributed by atoms with Crippen molar-refractivity contribution < 1.29 is 22.7 Å². The van der Waals surface area contributed by atoms with E-state index in [1.54, 1.807) is 17.4 Å². The van der Waals surface area contributed by atoms with E-state index in [1.165, 1.54) is 37.1 Å². The second-order valence-electron chi connectivity index (χ2n) is 7.72. The summed E-state index contributed by atoms with van der Waals surface area (Å²) in [5, 5.41) is 3.16. The fourth-order valence-electron chi connectivity index (χ4n) is 3.14. The Bertz CT molecular complexity index is 1200. The molecular formula is C22H20F3N5O3. The van der Waals surface area contributed by atoms with Gasteiger partial charge in [0.05, 0.1) is 0 Å². The van der Waals surface area contributed by atoms with Gasteiger partial charge >= 0.3 is 6.18 Å². The molecule has 1 amide bonds. The summed E-state index contributed by atoms with van der Waals surface area (Å²) in [4.78, 5) is 33.4. The molecule has 1 aliphatic carbocycles. The summed E-state index contributed by atoms with van der Waals surface area (Å²) in [7, 11) is 0. The first-order chi connectivity index (χ1) is 15.7. The van der Waals surface area contributed by atoms with Crippen LogP contribution in [-0.2, 0) is 12.8 Å². The van der Waals surface area contributed by atoms with Crippen molar-refractivity contribution in [2.75, 3.05) is 11.9 Å². The van der Waals surface area contributed by atoms with Gasteiger partial charge < -0.3 is 20.8 Å². The summed E-state index contributed by atoms with van der Waals surface area (Å²) in [6, 6.07) is 6.60. The third kappa shape index (κ3) is 5.48. The highest BCUT2D eigenvalue weighted by Gasteiger charge is 2.36. The van der Waals surface area contributed by atoms with Gasteiger partial charge in [-0.2, -0.15) is 13.2 Å². The summed E-state index contributed by atoms with van der Waals surface area (Å²) in [6.45, 7) is 1.02. The van der Waals surface area contributed by atoms with Crippen LogP contribution in [0.25, 0.3) is 11.1 Å². The summed E-state index contributed by atoms with van der Waals surface area (Å²) in [5.41, 5.74) is 2.56. The van der Waals surface area contributed by atoms with Gasteiger partial charge in [0.15, 0.2) is 0 Å². The summed E-state index contributed by atoms with van der Waals surface area (Å²) >= 11 is 0. The number of nitrogens with two attached hydrogens (primary N) is 1. The van der Waals surface area contributed by atoms with Gasteiger partial charge in [0.2, 0.25) is 5.95 Å². The third-order valence-electron chi connectivity index (χ3n) is 5.11. The van der Waals surface area contributed by atoms with E-state index in [1.807, 2.05) is 0 Å². The molecule has 33 heavy (non-hydrogen) atoms. The molecule has 0 radical (unpaired) electrons. The van der Waals surface area contributed by atoms with Crippen molar-refractivity contribution in [3.05, 3.63) is 69.9 Å². The second-order valence-corrected chi connectivity index (χ2v) is 7.72. The Morgan fingerprint density at radius 1 is 1.18 bits per heavy atom. The molecule has 11 heteroatoms. The summed E-state index contributed by atoms with van der Waals surface area (Å²) in [6.07, 6.45) is 0.892. The van der Waals surface area contributed by atoms with E-state index in [4.69, 9.17) is 10.5 Å². The monoisotopic (exact) mass is 459 g/mol. The minimum Gasteiger partial charge on any atom is -0.489 e. The topological polar surface area (TPSA) is 123 Å². The zero-order chi connectivity index (χ0) is 23.6. The van der Waals surface area contributed by atoms with E-state index in [9.17, 15) is 22.8 Å². The highest BCUT2D eigenvalue weighted by Crippen LogP contribution is 2.36. The molecule has 0 atom stereocenters. The van der Waals surface area contributed by atoms with Crippen LogP contribution < -0.4 is 21.3 Å². The molecule has 2 heterocycles. The summed E-state index contributed by atoms with van der Waals surface area (Å²) < 4.78 is 45.9. The van der Waals surface area contributed by atoms with Crippen LogP contribution in [0.15, 0.2) is 47.5 Å². The maximum Gasteiger partial charge on any atom is 0.431 e. The highest BCUT2D eigenvalue weighted by atomic mass is 19.4. The predicted octanol–water partition coefficient (Wildman–Crippen LogP) is 3.35. The fraction of sp³-hybridized carbons (Fsp3) is 0.273. The number of hydrogen-bond donors (Lipinski definition) is 3. The van der Waals surface area contributed by atoms with E-state index in [2.05, 4.69) is 15.3 Å². The second kappa shape index (κ2) is 8.93. The number of anilines is 1. The van der Waals surface area contributed by atoms with Crippen LogP contribution in [0.3, 0.4) is 0 Å². The Morgan fingerprint density at radius 2 is 1.85 bits per heavy atom. The molecule has 0 aliphatic heterocycles.